The summed E-state index contributed by atoms with van der Waals surface area (Å²) < 4.78 is 0.943. The van der Waals surface area contributed by atoms with Gasteiger partial charge < -0.3 is 10.4 Å². The van der Waals surface area contributed by atoms with Gasteiger partial charge in [0.2, 0.25) is 5.91 Å². The third kappa shape index (κ3) is 3.47. The molecule has 26 heavy (non-hydrogen) atoms. The fraction of sp³-hybridized carbons (Fsp3) is 0.474. The first-order chi connectivity index (χ1) is 12.4. The molecule has 7 nitrogen and oxygen atoms in total. The molecule has 1 aromatic heterocycles. The summed E-state index contributed by atoms with van der Waals surface area (Å²) in [6.45, 7) is 4.01. The van der Waals surface area contributed by atoms with E-state index in [4.69, 9.17) is 0 Å². The van der Waals surface area contributed by atoms with E-state index >= 15 is 0 Å². The molecule has 0 aliphatic heterocycles. The van der Waals surface area contributed by atoms with Crippen LogP contribution in [0.2, 0.25) is 0 Å². The summed E-state index contributed by atoms with van der Waals surface area (Å²) in [5.74, 6) is -0.653. The second-order valence-corrected chi connectivity index (χ2v) is 7.10. The van der Waals surface area contributed by atoms with Crippen LogP contribution in [0, 0.1) is 11.8 Å². The average Bonchev–Trinajstić information content (AvgIpc) is 2.61. The Labute approximate surface area is 151 Å². The zero-order valence-electron chi connectivity index (χ0n) is 14.9. The number of aromatic nitrogens is 2. The molecule has 1 aliphatic carbocycles. The van der Waals surface area contributed by atoms with Crippen LogP contribution < -0.4 is 10.9 Å². The van der Waals surface area contributed by atoms with E-state index in [1.807, 2.05) is 0 Å². The highest BCUT2D eigenvalue weighted by atomic mass is 16.4. The maximum absolute atomic E-state index is 12.6. The number of rotatable bonds is 4. The highest BCUT2D eigenvalue weighted by Gasteiger charge is 2.28. The molecule has 0 saturated heterocycles. The summed E-state index contributed by atoms with van der Waals surface area (Å²) in [7, 11) is 0. The second kappa shape index (κ2) is 7.27. The molecule has 1 amide bonds. The number of nitrogens with zero attached hydrogens (tertiary/aromatic N) is 2. The first-order valence-corrected chi connectivity index (χ1v) is 8.91. The van der Waals surface area contributed by atoms with Gasteiger partial charge in [0.1, 0.15) is 6.54 Å². The normalized spacial score (nSPS) is 22.9. The van der Waals surface area contributed by atoms with Crippen LogP contribution >= 0.6 is 0 Å². The number of benzene rings is 1. The minimum Gasteiger partial charge on any atom is -0.476 e. The van der Waals surface area contributed by atoms with Gasteiger partial charge in [-0.2, -0.15) is 5.10 Å². The molecule has 1 fully saturated rings. The molecule has 2 N–H and O–H groups in total. The molecule has 0 bridgehead atoms. The fourth-order valence-corrected chi connectivity index (χ4v) is 3.67. The summed E-state index contributed by atoms with van der Waals surface area (Å²) in [5, 5.41) is 16.8. The standard InChI is InChI=1S/C19H23N3O4/c1-11-6-5-9-15(12(11)2)20-16(23)10-22-18(24)14-8-4-3-7-13(14)17(21-22)19(25)26/h3-4,7-8,11-12,15H,5-6,9-10H2,1-2H3,(H,20,23)(H,25,26). The third-order valence-electron chi connectivity index (χ3n) is 5.42. The lowest BCUT2D eigenvalue weighted by Gasteiger charge is -2.34. The van der Waals surface area contributed by atoms with Crippen LogP contribution in [0.25, 0.3) is 10.8 Å². The van der Waals surface area contributed by atoms with Crippen LogP contribution in [0.5, 0.6) is 0 Å². The van der Waals surface area contributed by atoms with Crippen molar-refractivity contribution in [3.05, 3.63) is 40.3 Å². The molecule has 0 spiro atoms. The molecule has 3 unspecified atom stereocenters. The predicted molar refractivity (Wildman–Crippen MR) is 97.1 cm³/mol. The number of hydrogen-bond acceptors (Lipinski definition) is 4. The molecule has 1 saturated carbocycles. The number of fused-ring (bicyclic) bond motifs is 1. The topological polar surface area (TPSA) is 101 Å². The first kappa shape index (κ1) is 18.1. The average molecular weight is 357 g/mol. The monoisotopic (exact) mass is 357 g/mol. The molecule has 3 atom stereocenters. The van der Waals surface area contributed by atoms with Crippen LogP contribution in [-0.2, 0) is 11.3 Å². The lowest BCUT2D eigenvalue weighted by molar-refractivity contribution is -0.123. The number of carbonyl (C=O) groups is 2. The summed E-state index contributed by atoms with van der Waals surface area (Å²) >= 11 is 0. The highest BCUT2D eigenvalue weighted by Crippen LogP contribution is 2.29. The summed E-state index contributed by atoms with van der Waals surface area (Å²) in [6, 6.07) is 6.47. The van der Waals surface area contributed by atoms with Crippen molar-refractivity contribution in [1.29, 1.82) is 0 Å². The van der Waals surface area contributed by atoms with Crippen molar-refractivity contribution in [1.82, 2.24) is 15.1 Å². The Balaban J connectivity index is 1.86. The van der Waals surface area contributed by atoms with Crippen molar-refractivity contribution in [3.63, 3.8) is 0 Å². The van der Waals surface area contributed by atoms with E-state index < -0.39 is 11.5 Å². The van der Waals surface area contributed by atoms with Crippen LogP contribution in [0.3, 0.4) is 0 Å². The van der Waals surface area contributed by atoms with Crippen LogP contribution in [-0.4, -0.2) is 32.8 Å². The van der Waals surface area contributed by atoms with E-state index in [9.17, 15) is 19.5 Å². The fourth-order valence-electron chi connectivity index (χ4n) is 3.67. The van der Waals surface area contributed by atoms with Gasteiger partial charge in [-0.05, 0) is 24.3 Å². The molecule has 0 radical (unpaired) electrons. The van der Waals surface area contributed by atoms with E-state index in [-0.39, 0.29) is 35.0 Å². The zero-order valence-corrected chi connectivity index (χ0v) is 14.9. The maximum Gasteiger partial charge on any atom is 0.357 e. The van der Waals surface area contributed by atoms with Gasteiger partial charge in [-0.3, -0.25) is 9.59 Å². The molecular weight excluding hydrogens is 334 g/mol. The minimum absolute atomic E-state index is 0.0707. The molecule has 2 aromatic rings. The van der Waals surface area contributed by atoms with Crippen LogP contribution in [0.15, 0.2) is 29.1 Å². The third-order valence-corrected chi connectivity index (χ3v) is 5.42. The Kier molecular flexibility index (Phi) is 5.06. The maximum atomic E-state index is 12.6. The number of amides is 1. The van der Waals surface area contributed by atoms with Crippen LogP contribution in [0.1, 0.15) is 43.6 Å². The Bertz CT molecular complexity index is 905. The van der Waals surface area contributed by atoms with Crippen molar-refractivity contribution < 1.29 is 14.7 Å². The second-order valence-electron chi connectivity index (χ2n) is 7.10. The zero-order chi connectivity index (χ0) is 18.8. The van der Waals surface area contributed by atoms with Crippen molar-refractivity contribution in [2.24, 2.45) is 11.8 Å². The van der Waals surface area contributed by atoms with Gasteiger partial charge in [0.15, 0.2) is 5.69 Å². The SMILES string of the molecule is CC1CCCC(NC(=O)Cn2nc(C(=O)O)c3ccccc3c2=O)C1C. The van der Waals surface area contributed by atoms with E-state index in [1.165, 1.54) is 0 Å². The highest BCUT2D eigenvalue weighted by molar-refractivity contribution is 6.01. The molecule has 1 heterocycles. The van der Waals surface area contributed by atoms with Gasteiger partial charge in [0, 0.05) is 11.4 Å². The number of carboxylic acids is 1. The largest absolute Gasteiger partial charge is 0.476 e. The number of carbonyl (C=O) groups excluding carboxylic acids is 1. The number of hydrogen-bond donors (Lipinski definition) is 2. The minimum atomic E-state index is -1.23. The van der Waals surface area contributed by atoms with Crippen LogP contribution in [0.4, 0.5) is 0 Å². The Hall–Kier alpha value is -2.70. The lowest BCUT2D eigenvalue weighted by atomic mass is 9.78. The van der Waals surface area contributed by atoms with Crippen molar-refractivity contribution in [2.75, 3.05) is 0 Å². The molecule has 1 aliphatic rings. The van der Waals surface area contributed by atoms with E-state index in [2.05, 4.69) is 24.3 Å². The number of carboxylic acid groups (broad SMARTS) is 1. The molecule has 138 valence electrons. The Morgan fingerprint density at radius 3 is 2.62 bits per heavy atom. The van der Waals surface area contributed by atoms with E-state index in [0.29, 0.717) is 11.8 Å². The Morgan fingerprint density at radius 1 is 1.23 bits per heavy atom. The number of nitrogens with one attached hydrogen (secondary N) is 1. The summed E-state index contributed by atoms with van der Waals surface area (Å²) in [5.41, 5.74) is -0.696. The summed E-state index contributed by atoms with van der Waals surface area (Å²) in [4.78, 5) is 36.5. The van der Waals surface area contributed by atoms with Crippen molar-refractivity contribution in [3.8, 4) is 0 Å². The van der Waals surface area contributed by atoms with Gasteiger partial charge >= 0.3 is 5.97 Å². The predicted octanol–water partition coefficient (Wildman–Crippen LogP) is 2.04. The van der Waals surface area contributed by atoms with Gasteiger partial charge in [0.25, 0.3) is 5.56 Å². The van der Waals surface area contributed by atoms with Gasteiger partial charge in [-0.15, -0.1) is 0 Å². The molecular formula is C19H23N3O4. The smallest absolute Gasteiger partial charge is 0.357 e. The van der Waals surface area contributed by atoms with E-state index in [1.54, 1.807) is 24.3 Å². The van der Waals surface area contributed by atoms with Gasteiger partial charge in [-0.25, -0.2) is 9.48 Å². The summed E-state index contributed by atoms with van der Waals surface area (Å²) in [6.07, 6.45) is 3.13. The van der Waals surface area contributed by atoms with Crippen molar-refractivity contribution >= 4 is 22.6 Å². The number of aromatic carboxylic acids is 1. The first-order valence-electron chi connectivity index (χ1n) is 8.91. The molecule has 7 heteroatoms. The van der Waals surface area contributed by atoms with E-state index in [0.717, 1.165) is 23.9 Å². The van der Waals surface area contributed by atoms with Gasteiger partial charge in [-0.1, -0.05) is 44.9 Å². The Morgan fingerprint density at radius 2 is 1.92 bits per heavy atom. The van der Waals surface area contributed by atoms with Gasteiger partial charge in [0.05, 0.1) is 5.39 Å². The lowest BCUT2D eigenvalue weighted by Crippen LogP contribution is -2.46. The molecule has 3 rings (SSSR count). The quantitative estimate of drug-likeness (QED) is 0.872. The van der Waals surface area contributed by atoms with Crippen molar-refractivity contribution in [2.45, 2.75) is 45.7 Å². The molecule has 1 aromatic carbocycles.